The monoisotopic (exact) mass is 244 g/mol. The molecule has 3 nitrogen and oxygen atoms in total. The fourth-order valence-electron chi connectivity index (χ4n) is 4.86. The van der Waals surface area contributed by atoms with E-state index >= 15 is 0 Å². The lowest BCUT2D eigenvalue weighted by Crippen LogP contribution is -2.55. The van der Waals surface area contributed by atoms with Gasteiger partial charge in [-0.15, -0.1) is 0 Å². The number of carbonyl (C=O) groups is 1. The summed E-state index contributed by atoms with van der Waals surface area (Å²) in [6.07, 6.45) is 10.5. The van der Waals surface area contributed by atoms with E-state index in [2.05, 4.69) is 10.3 Å². The maximum absolute atomic E-state index is 12.2. The van der Waals surface area contributed by atoms with Gasteiger partial charge in [0.1, 0.15) is 0 Å². The highest BCUT2D eigenvalue weighted by atomic mass is 16.1. The predicted octanol–water partition coefficient (Wildman–Crippen LogP) is 2.57. The van der Waals surface area contributed by atoms with Crippen molar-refractivity contribution in [3.8, 4) is 0 Å². The average Bonchev–Trinajstić information content (AvgIpc) is 2.86. The molecule has 3 heteroatoms. The van der Waals surface area contributed by atoms with E-state index in [1.54, 1.807) is 6.20 Å². The second-order valence-corrected chi connectivity index (χ2v) is 6.53. The Balaban J connectivity index is 1.50. The zero-order valence-corrected chi connectivity index (χ0v) is 10.6. The minimum absolute atomic E-state index is 0.105. The van der Waals surface area contributed by atoms with Crippen LogP contribution in [0.4, 0.5) is 0 Å². The minimum Gasteiger partial charge on any atom is -0.367 e. The van der Waals surface area contributed by atoms with E-state index in [-0.39, 0.29) is 5.91 Å². The van der Waals surface area contributed by atoms with Gasteiger partial charge in [-0.1, -0.05) is 0 Å². The van der Waals surface area contributed by atoms with Crippen LogP contribution in [0.15, 0.2) is 18.5 Å². The molecule has 4 saturated carbocycles. The van der Waals surface area contributed by atoms with Gasteiger partial charge in [-0.3, -0.25) is 4.79 Å². The summed E-state index contributed by atoms with van der Waals surface area (Å²) in [4.78, 5) is 15.1. The van der Waals surface area contributed by atoms with E-state index in [4.69, 9.17) is 0 Å². The molecule has 18 heavy (non-hydrogen) atoms. The molecule has 0 radical (unpaired) electrons. The molecular weight excluding hydrogens is 224 g/mol. The third-order valence-corrected chi connectivity index (χ3v) is 5.38. The summed E-state index contributed by atoms with van der Waals surface area (Å²) in [6.45, 7) is 0. The number of aromatic nitrogens is 1. The SMILES string of the molecule is O=C(NC1C2CC3CC(C2)CC1C3)c1cc[nH]c1. The summed E-state index contributed by atoms with van der Waals surface area (Å²) in [7, 11) is 0. The maximum Gasteiger partial charge on any atom is 0.253 e. The Morgan fingerprint density at radius 3 is 2.33 bits per heavy atom. The summed E-state index contributed by atoms with van der Waals surface area (Å²) >= 11 is 0. The lowest BCUT2D eigenvalue weighted by atomic mass is 9.54. The number of nitrogens with one attached hydrogen (secondary N) is 2. The van der Waals surface area contributed by atoms with Crippen molar-refractivity contribution in [1.29, 1.82) is 0 Å². The second-order valence-electron chi connectivity index (χ2n) is 6.53. The Morgan fingerprint density at radius 1 is 1.11 bits per heavy atom. The van der Waals surface area contributed by atoms with E-state index in [1.807, 2.05) is 12.3 Å². The molecular formula is C15H20N2O. The number of hydrogen-bond acceptors (Lipinski definition) is 1. The molecule has 5 rings (SSSR count). The van der Waals surface area contributed by atoms with Crippen LogP contribution in [0.2, 0.25) is 0 Å². The third-order valence-electron chi connectivity index (χ3n) is 5.38. The molecule has 1 amide bonds. The molecule has 1 aromatic rings. The van der Waals surface area contributed by atoms with Crippen LogP contribution in [0, 0.1) is 23.7 Å². The summed E-state index contributed by atoms with van der Waals surface area (Å²) < 4.78 is 0. The molecule has 0 aromatic carbocycles. The summed E-state index contributed by atoms with van der Waals surface area (Å²) in [5, 5.41) is 3.31. The van der Waals surface area contributed by atoms with Gasteiger partial charge in [0.05, 0.1) is 5.56 Å². The predicted molar refractivity (Wildman–Crippen MR) is 69.1 cm³/mol. The lowest BCUT2D eigenvalue weighted by molar-refractivity contribution is -0.0119. The van der Waals surface area contributed by atoms with E-state index in [1.165, 1.54) is 32.1 Å². The van der Waals surface area contributed by atoms with Gasteiger partial charge >= 0.3 is 0 Å². The number of rotatable bonds is 2. The topological polar surface area (TPSA) is 44.9 Å². The van der Waals surface area contributed by atoms with Gasteiger partial charge in [0.2, 0.25) is 0 Å². The van der Waals surface area contributed by atoms with Crippen molar-refractivity contribution in [2.24, 2.45) is 23.7 Å². The molecule has 0 aliphatic heterocycles. The highest BCUT2D eigenvalue weighted by molar-refractivity contribution is 5.94. The Hall–Kier alpha value is -1.25. The third kappa shape index (κ3) is 1.60. The van der Waals surface area contributed by atoms with Gasteiger partial charge in [-0.25, -0.2) is 0 Å². The molecule has 0 saturated heterocycles. The van der Waals surface area contributed by atoms with Crippen molar-refractivity contribution < 1.29 is 4.79 Å². The van der Waals surface area contributed by atoms with E-state index in [9.17, 15) is 4.79 Å². The zero-order valence-electron chi connectivity index (χ0n) is 10.6. The second kappa shape index (κ2) is 3.87. The zero-order chi connectivity index (χ0) is 12.1. The van der Waals surface area contributed by atoms with Crippen molar-refractivity contribution in [2.75, 3.05) is 0 Å². The number of amides is 1. The van der Waals surface area contributed by atoms with Crippen LogP contribution in [0.1, 0.15) is 42.5 Å². The molecule has 4 fully saturated rings. The lowest BCUT2D eigenvalue weighted by Gasteiger charge is -2.54. The van der Waals surface area contributed by atoms with Crippen LogP contribution in [0.3, 0.4) is 0 Å². The minimum atomic E-state index is 0.105. The smallest absolute Gasteiger partial charge is 0.253 e. The van der Waals surface area contributed by atoms with E-state index in [0.29, 0.717) is 6.04 Å². The van der Waals surface area contributed by atoms with E-state index < -0.39 is 0 Å². The Bertz CT molecular complexity index is 423. The first-order valence-electron chi connectivity index (χ1n) is 7.23. The highest BCUT2D eigenvalue weighted by Crippen LogP contribution is 2.53. The molecule has 0 unspecified atom stereocenters. The normalized spacial score (nSPS) is 41.0. The van der Waals surface area contributed by atoms with Crippen molar-refractivity contribution in [3.63, 3.8) is 0 Å². The molecule has 1 heterocycles. The Kier molecular flexibility index (Phi) is 2.29. The van der Waals surface area contributed by atoms with Crippen LogP contribution in [-0.4, -0.2) is 16.9 Å². The quantitative estimate of drug-likeness (QED) is 0.825. The molecule has 4 aliphatic carbocycles. The van der Waals surface area contributed by atoms with Crippen molar-refractivity contribution in [2.45, 2.75) is 38.1 Å². The van der Waals surface area contributed by atoms with Crippen LogP contribution in [0.25, 0.3) is 0 Å². The van der Waals surface area contributed by atoms with Crippen LogP contribution < -0.4 is 5.32 Å². The molecule has 1 aromatic heterocycles. The van der Waals surface area contributed by atoms with Gasteiger partial charge in [0, 0.05) is 18.4 Å². The van der Waals surface area contributed by atoms with Crippen molar-refractivity contribution in [1.82, 2.24) is 10.3 Å². The van der Waals surface area contributed by atoms with E-state index in [0.717, 1.165) is 29.2 Å². The first kappa shape index (κ1) is 10.7. The maximum atomic E-state index is 12.2. The number of aromatic amines is 1. The summed E-state index contributed by atoms with van der Waals surface area (Å²) in [5.74, 6) is 3.54. The summed E-state index contributed by atoms with van der Waals surface area (Å²) in [6, 6.07) is 2.30. The molecule has 96 valence electrons. The Morgan fingerprint density at radius 2 is 1.78 bits per heavy atom. The van der Waals surface area contributed by atoms with Gasteiger partial charge < -0.3 is 10.3 Å². The number of H-pyrrole nitrogens is 1. The van der Waals surface area contributed by atoms with Crippen LogP contribution in [0.5, 0.6) is 0 Å². The van der Waals surface area contributed by atoms with Gasteiger partial charge in [-0.05, 0) is 61.8 Å². The van der Waals surface area contributed by atoms with Gasteiger partial charge in [0.25, 0.3) is 5.91 Å². The Labute approximate surface area is 107 Å². The van der Waals surface area contributed by atoms with Gasteiger partial charge in [0.15, 0.2) is 0 Å². The standard InChI is InChI=1S/C15H20N2O/c18-15(11-1-2-16-8-11)17-14-12-4-9-3-10(6-12)7-13(14)5-9/h1-2,8-10,12-14,16H,3-7H2,(H,17,18). The fraction of sp³-hybridized carbons (Fsp3) is 0.667. The first-order chi connectivity index (χ1) is 8.79. The number of carbonyl (C=O) groups excluding carboxylic acids is 1. The number of hydrogen-bond donors (Lipinski definition) is 2. The molecule has 4 aliphatic rings. The average molecular weight is 244 g/mol. The van der Waals surface area contributed by atoms with Crippen LogP contribution >= 0.6 is 0 Å². The summed E-state index contributed by atoms with van der Waals surface area (Å²) in [5.41, 5.74) is 0.767. The van der Waals surface area contributed by atoms with Crippen molar-refractivity contribution in [3.05, 3.63) is 24.0 Å². The highest BCUT2D eigenvalue weighted by Gasteiger charge is 2.48. The van der Waals surface area contributed by atoms with Gasteiger partial charge in [-0.2, -0.15) is 0 Å². The first-order valence-corrected chi connectivity index (χ1v) is 7.23. The van der Waals surface area contributed by atoms with Crippen molar-refractivity contribution >= 4 is 5.91 Å². The molecule has 0 atom stereocenters. The van der Waals surface area contributed by atoms with Crippen LogP contribution in [-0.2, 0) is 0 Å². The fourth-order valence-corrected chi connectivity index (χ4v) is 4.86. The molecule has 0 spiro atoms. The molecule has 4 bridgehead atoms. The molecule has 2 N–H and O–H groups in total. The largest absolute Gasteiger partial charge is 0.367 e.